The average molecular weight is 180 g/mol. The Morgan fingerprint density at radius 3 is 2.54 bits per heavy atom. The third-order valence-electron chi connectivity index (χ3n) is 1.81. The Balaban J connectivity index is 3.01. The highest BCUT2D eigenvalue weighted by molar-refractivity contribution is 5.79. The Hall–Kier alpha value is -1.35. The summed E-state index contributed by atoms with van der Waals surface area (Å²) in [5, 5.41) is 18.4. The number of phenols is 1. The maximum Gasteiger partial charge on any atom is 0.134 e. The van der Waals surface area contributed by atoms with Crippen LogP contribution in [0, 0.1) is 0 Å². The Morgan fingerprint density at radius 1 is 1.38 bits per heavy atom. The number of aliphatic hydroxyl groups is 1. The molecule has 70 valence electrons. The Morgan fingerprint density at radius 2 is 2.00 bits per heavy atom. The van der Waals surface area contributed by atoms with Gasteiger partial charge in [-0.15, -0.1) is 0 Å². The van der Waals surface area contributed by atoms with Crippen molar-refractivity contribution in [1.29, 1.82) is 0 Å². The first kappa shape index (κ1) is 9.74. The zero-order valence-electron chi connectivity index (χ0n) is 7.45. The summed E-state index contributed by atoms with van der Waals surface area (Å²) in [6, 6.07) is 5.01. The predicted octanol–water partition coefficient (Wildman–Crippen LogP) is 1.02. The van der Waals surface area contributed by atoms with Crippen LogP contribution in [-0.2, 0) is 17.8 Å². The van der Waals surface area contributed by atoms with Crippen LogP contribution in [0.1, 0.15) is 18.1 Å². The highest BCUT2D eigenvalue weighted by Gasteiger charge is 2.07. The number of ketones is 1. The fourth-order valence-electron chi connectivity index (χ4n) is 1.18. The first-order valence-corrected chi connectivity index (χ1v) is 4.05. The molecule has 0 fully saturated rings. The molecule has 0 aromatic heterocycles. The minimum atomic E-state index is -0.211. The van der Waals surface area contributed by atoms with Gasteiger partial charge in [-0.25, -0.2) is 0 Å². The summed E-state index contributed by atoms with van der Waals surface area (Å²) < 4.78 is 0. The SMILES string of the molecule is CC(=O)Cc1cccc(CO)c1O. The van der Waals surface area contributed by atoms with Gasteiger partial charge in [0.2, 0.25) is 0 Å². The highest BCUT2D eigenvalue weighted by atomic mass is 16.3. The molecule has 2 N–H and O–H groups in total. The van der Waals surface area contributed by atoms with E-state index in [0.717, 1.165) is 0 Å². The second-order valence-electron chi connectivity index (χ2n) is 2.96. The van der Waals surface area contributed by atoms with Crippen molar-refractivity contribution in [3.63, 3.8) is 0 Å². The number of rotatable bonds is 3. The van der Waals surface area contributed by atoms with Gasteiger partial charge in [0.1, 0.15) is 11.5 Å². The topological polar surface area (TPSA) is 57.5 Å². The monoisotopic (exact) mass is 180 g/mol. The van der Waals surface area contributed by atoms with E-state index in [-0.39, 0.29) is 24.6 Å². The standard InChI is InChI=1S/C10H12O3/c1-7(12)5-8-3-2-4-9(6-11)10(8)13/h2-4,11,13H,5-6H2,1H3. The maximum atomic E-state index is 10.8. The number of aromatic hydroxyl groups is 1. The molecule has 0 heterocycles. The zero-order chi connectivity index (χ0) is 9.84. The van der Waals surface area contributed by atoms with Crippen LogP contribution >= 0.6 is 0 Å². The predicted molar refractivity (Wildman–Crippen MR) is 48.4 cm³/mol. The molecule has 0 saturated heterocycles. The van der Waals surface area contributed by atoms with E-state index in [1.54, 1.807) is 18.2 Å². The molecule has 0 atom stereocenters. The van der Waals surface area contributed by atoms with Crippen molar-refractivity contribution in [2.45, 2.75) is 20.0 Å². The van der Waals surface area contributed by atoms with Gasteiger partial charge in [0, 0.05) is 17.5 Å². The first-order chi connectivity index (χ1) is 6.15. The number of aliphatic hydroxyl groups excluding tert-OH is 1. The molecule has 0 spiro atoms. The van der Waals surface area contributed by atoms with E-state index in [4.69, 9.17) is 5.11 Å². The summed E-state index contributed by atoms with van der Waals surface area (Å²) in [5.41, 5.74) is 1.03. The van der Waals surface area contributed by atoms with Gasteiger partial charge < -0.3 is 10.2 Å². The Bertz CT molecular complexity index is 318. The fourth-order valence-corrected chi connectivity index (χ4v) is 1.18. The van der Waals surface area contributed by atoms with Crippen LogP contribution < -0.4 is 0 Å². The third kappa shape index (κ3) is 2.29. The largest absolute Gasteiger partial charge is 0.507 e. The molecule has 0 saturated carbocycles. The van der Waals surface area contributed by atoms with Crippen LogP contribution in [0.15, 0.2) is 18.2 Å². The van der Waals surface area contributed by atoms with Gasteiger partial charge in [-0.1, -0.05) is 18.2 Å². The minimum absolute atomic E-state index is 0.00890. The summed E-state index contributed by atoms with van der Waals surface area (Å²) in [5.74, 6) is 0.0191. The van der Waals surface area contributed by atoms with E-state index in [2.05, 4.69) is 0 Å². The van der Waals surface area contributed by atoms with Crippen LogP contribution in [0.5, 0.6) is 5.75 Å². The summed E-state index contributed by atoms with van der Waals surface area (Å²) in [6.07, 6.45) is 0.208. The summed E-state index contributed by atoms with van der Waals surface area (Å²) in [6.45, 7) is 1.25. The van der Waals surface area contributed by atoms with Gasteiger partial charge in [-0.05, 0) is 6.92 Å². The van der Waals surface area contributed by atoms with Crippen molar-refractivity contribution in [2.24, 2.45) is 0 Å². The van der Waals surface area contributed by atoms with Crippen molar-refractivity contribution < 1.29 is 15.0 Å². The lowest BCUT2D eigenvalue weighted by atomic mass is 10.0. The molecule has 3 nitrogen and oxygen atoms in total. The molecule has 0 aliphatic rings. The molecule has 13 heavy (non-hydrogen) atoms. The number of carbonyl (C=O) groups is 1. The van der Waals surface area contributed by atoms with Crippen LogP contribution in [0.2, 0.25) is 0 Å². The molecule has 1 aromatic carbocycles. The second kappa shape index (κ2) is 4.05. The molecule has 0 aliphatic heterocycles. The van der Waals surface area contributed by atoms with Crippen LogP contribution in [0.4, 0.5) is 0 Å². The number of hydrogen-bond donors (Lipinski definition) is 2. The Labute approximate surface area is 76.6 Å². The van der Waals surface area contributed by atoms with E-state index >= 15 is 0 Å². The van der Waals surface area contributed by atoms with Crippen molar-refractivity contribution in [3.8, 4) is 5.75 Å². The van der Waals surface area contributed by atoms with Crippen molar-refractivity contribution in [1.82, 2.24) is 0 Å². The average Bonchev–Trinajstić information content (AvgIpc) is 2.08. The normalized spacial score (nSPS) is 10.0. The van der Waals surface area contributed by atoms with Gasteiger partial charge >= 0.3 is 0 Å². The summed E-state index contributed by atoms with van der Waals surface area (Å²) in [4.78, 5) is 10.8. The molecule has 1 rings (SSSR count). The summed E-state index contributed by atoms with van der Waals surface area (Å²) in [7, 11) is 0. The summed E-state index contributed by atoms with van der Waals surface area (Å²) >= 11 is 0. The molecule has 0 unspecified atom stereocenters. The van der Waals surface area contributed by atoms with Crippen molar-refractivity contribution in [2.75, 3.05) is 0 Å². The van der Waals surface area contributed by atoms with Gasteiger partial charge in [0.05, 0.1) is 6.61 Å². The van der Waals surface area contributed by atoms with E-state index in [1.165, 1.54) is 6.92 Å². The van der Waals surface area contributed by atoms with Gasteiger partial charge in [0.25, 0.3) is 0 Å². The molecule has 1 aromatic rings. The van der Waals surface area contributed by atoms with Gasteiger partial charge in [-0.2, -0.15) is 0 Å². The van der Waals surface area contributed by atoms with Crippen molar-refractivity contribution in [3.05, 3.63) is 29.3 Å². The van der Waals surface area contributed by atoms with E-state index in [0.29, 0.717) is 11.1 Å². The molecule has 0 radical (unpaired) electrons. The molecular weight excluding hydrogens is 168 g/mol. The van der Waals surface area contributed by atoms with Crippen LogP contribution in [0.3, 0.4) is 0 Å². The van der Waals surface area contributed by atoms with Crippen molar-refractivity contribution >= 4 is 5.78 Å². The molecule has 0 aliphatic carbocycles. The van der Waals surface area contributed by atoms with E-state index < -0.39 is 0 Å². The highest BCUT2D eigenvalue weighted by Crippen LogP contribution is 2.22. The fraction of sp³-hybridized carbons (Fsp3) is 0.300. The molecule has 0 bridgehead atoms. The lowest BCUT2D eigenvalue weighted by Gasteiger charge is -2.05. The molecular formula is C10H12O3. The van der Waals surface area contributed by atoms with E-state index in [1.807, 2.05) is 0 Å². The van der Waals surface area contributed by atoms with E-state index in [9.17, 15) is 9.90 Å². The number of benzene rings is 1. The van der Waals surface area contributed by atoms with Crippen LogP contribution in [0.25, 0.3) is 0 Å². The van der Waals surface area contributed by atoms with Gasteiger partial charge in [0.15, 0.2) is 0 Å². The lowest BCUT2D eigenvalue weighted by molar-refractivity contribution is -0.116. The first-order valence-electron chi connectivity index (χ1n) is 4.05. The van der Waals surface area contributed by atoms with Crippen LogP contribution in [-0.4, -0.2) is 16.0 Å². The second-order valence-corrected chi connectivity index (χ2v) is 2.96. The Kier molecular flexibility index (Phi) is 3.03. The number of Topliss-reactive ketones (excluding diaryl/α,β-unsaturated/α-hetero) is 1. The lowest BCUT2D eigenvalue weighted by Crippen LogP contribution is -1.98. The molecule has 0 amide bonds. The van der Waals surface area contributed by atoms with Gasteiger partial charge in [-0.3, -0.25) is 4.79 Å². The maximum absolute atomic E-state index is 10.8. The third-order valence-corrected chi connectivity index (χ3v) is 1.81. The molecule has 3 heteroatoms. The minimum Gasteiger partial charge on any atom is -0.507 e. The number of hydrogen-bond acceptors (Lipinski definition) is 3. The quantitative estimate of drug-likeness (QED) is 0.730. The smallest absolute Gasteiger partial charge is 0.134 e. The number of para-hydroxylation sites is 1. The number of carbonyl (C=O) groups excluding carboxylic acids is 1. The zero-order valence-corrected chi connectivity index (χ0v) is 7.45.